The molecule has 2 nitrogen and oxygen atoms in total. The minimum atomic E-state index is 0. The van der Waals surface area contributed by atoms with E-state index < -0.39 is 0 Å². The molecule has 0 saturated carbocycles. The predicted octanol–water partition coefficient (Wildman–Crippen LogP) is 0.763. The van der Waals surface area contributed by atoms with Crippen LogP contribution in [0.2, 0.25) is 0 Å². The predicted molar refractivity (Wildman–Crippen MR) is 29.3 cm³/mol. The van der Waals surface area contributed by atoms with Gasteiger partial charge in [-0.25, -0.2) is 9.97 Å². The number of hydrogen-bond acceptors (Lipinski definition) is 3. The van der Waals surface area contributed by atoms with E-state index in [1.165, 1.54) is 0 Å². The first-order valence-corrected chi connectivity index (χ1v) is 2.30. The van der Waals surface area contributed by atoms with Gasteiger partial charge < -0.3 is 0 Å². The van der Waals surface area contributed by atoms with E-state index in [4.69, 9.17) is 0 Å². The Morgan fingerprint density at radius 2 is 1.75 bits per heavy atom. The molecule has 0 aliphatic heterocycles. The van der Waals surface area contributed by atoms with Gasteiger partial charge in [0.2, 0.25) is 0 Å². The molecule has 0 aliphatic rings. The zero-order valence-electron chi connectivity index (χ0n) is 3.89. The molecule has 1 heterocycles. The van der Waals surface area contributed by atoms with E-state index in [0.717, 1.165) is 0 Å². The van der Waals surface area contributed by atoms with Crippen LogP contribution in [0.3, 0.4) is 0 Å². The molecule has 0 aliphatic carbocycles. The fourth-order valence-corrected chi connectivity index (χ4v) is 0.425. The first kappa shape index (κ1) is 7.92. The van der Waals surface area contributed by atoms with Gasteiger partial charge in [0.1, 0.15) is 0 Å². The Kier molecular flexibility index (Phi) is 3.83. The molecule has 0 atom stereocenters. The number of rotatable bonds is 0. The zero-order chi connectivity index (χ0) is 5.11. The van der Waals surface area contributed by atoms with Crippen LogP contribution in [0.25, 0.3) is 0 Å². The van der Waals surface area contributed by atoms with Crippen LogP contribution in [-0.4, -0.2) is 9.97 Å². The van der Waals surface area contributed by atoms with Gasteiger partial charge in [0.05, 0.1) is 0 Å². The monoisotopic (exact) mass is 170 g/mol. The van der Waals surface area contributed by atoms with Crippen LogP contribution in [0, 0.1) is 0 Å². The molecule has 0 bridgehead atoms. The summed E-state index contributed by atoms with van der Waals surface area (Å²) in [5.41, 5.74) is 0. The average molecular weight is 171 g/mol. The molecular weight excluding hydrogens is 167 g/mol. The Morgan fingerprint density at radius 3 is 2.00 bits per heavy atom. The van der Waals surface area contributed by atoms with Crippen molar-refractivity contribution in [2.45, 2.75) is 5.16 Å². The molecule has 0 fully saturated rings. The second kappa shape index (κ2) is 3.87. The molecule has 0 saturated heterocycles. The molecule has 1 rings (SSSR count). The molecule has 0 amide bonds. The van der Waals surface area contributed by atoms with Gasteiger partial charge in [0.15, 0.2) is 5.16 Å². The largest absolute Gasteiger partial charge is 0.231 e. The van der Waals surface area contributed by atoms with Crippen LogP contribution in [-0.2, 0) is 16.5 Å². The van der Waals surface area contributed by atoms with Crippen molar-refractivity contribution in [1.82, 2.24) is 9.97 Å². The van der Waals surface area contributed by atoms with Gasteiger partial charge in [0, 0.05) is 28.9 Å². The molecule has 1 aromatic heterocycles. The molecule has 0 radical (unpaired) electrons. The van der Waals surface area contributed by atoms with Crippen molar-refractivity contribution < 1.29 is 16.5 Å². The van der Waals surface area contributed by atoms with Gasteiger partial charge in [0.25, 0.3) is 0 Å². The minimum Gasteiger partial charge on any atom is -0.231 e. The summed E-state index contributed by atoms with van der Waals surface area (Å²) >= 11 is 3.86. The maximum Gasteiger partial charge on any atom is 0.184 e. The van der Waals surface area contributed by atoms with Gasteiger partial charge in [-0.05, 0) is 6.07 Å². The summed E-state index contributed by atoms with van der Waals surface area (Å²) in [5.74, 6) is 0. The van der Waals surface area contributed by atoms with E-state index in [9.17, 15) is 0 Å². The number of hydrogen-bond donors (Lipinski definition) is 1. The third-order valence-electron chi connectivity index (χ3n) is 0.552. The van der Waals surface area contributed by atoms with Crippen molar-refractivity contribution in [3.8, 4) is 0 Å². The van der Waals surface area contributed by atoms with E-state index in [2.05, 4.69) is 22.6 Å². The van der Waals surface area contributed by atoms with E-state index >= 15 is 0 Å². The molecule has 0 N–H and O–H groups in total. The summed E-state index contributed by atoms with van der Waals surface area (Å²) in [5, 5.41) is 0.516. The smallest absolute Gasteiger partial charge is 0.184 e. The van der Waals surface area contributed by atoms with Crippen LogP contribution in [0.15, 0.2) is 23.6 Å². The Morgan fingerprint density at radius 1 is 1.25 bits per heavy atom. The summed E-state index contributed by atoms with van der Waals surface area (Å²) in [6.07, 6.45) is 3.30. The van der Waals surface area contributed by atoms with Crippen molar-refractivity contribution in [3.05, 3.63) is 18.5 Å². The third kappa shape index (κ3) is 2.29. The van der Waals surface area contributed by atoms with Crippen LogP contribution >= 0.6 is 12.6 Å². The molecule has 4 heteroatoms. The Hall–Kier alpha value is -0.0765. The van der Waals surface area contributed by atoms with Crippen LogP contribution in [0.1, 0.15) is 0 Å². The quantitative estimate of drug-likeness (QED) is 0.354. The molecular formula is C4H4N2NiS. The maximum absolute atomic E-state index is 3.86. The van der Waals surface area contributed by atoms with Crippen molar-refractivity contribution in [1.29, 1.82) is 0 Å². The van der Waals surface area contributed by atoms with Gasteiger partial charge in [-0.1, -0.05) is 0 Å². The number of thiol groups is 1. The Balaban J connectivity index is 0.000000490. The zero-order valence-corrected chi connectivity index (χ0v) is 5.77. The Bertz CT molecular complexity index is 144. The summed E-state index contributed by atoms with van der Waals surface area (Å²) < 4.78 is 0. The van der Waals surface area contributed by atoms with Crippen LogP contribution in [0.5, 0.6) is 0 Å². The first-order chi connectivity index (χ1) is 3.39. The fraction of sp³-hybridized carbons (Fsp3) is 0. The van der Waals surface area contributed by atoms with Crippen molar-refractivity contribution >= 4 is 12.6 Å². The summed E-state index contributed by atoms with van der Waals surface area (Å²) in [7, 11) is 0. The molecule has 8 heavy (non-hydrogen) atoms. The van der Waals surface area contributed by atoms with E-state index in [0.29, 0.717) is 5.16 Å². The standard InChI is InChI=1S/C4H4N2S.Ni/c7-4-5-2-1-3-6-4;/h1-3H,(H,5,6,7);. The second-order valence-corrected chi connectivity index (χ2v) is 1.45. The van der Waals surface area contributed by atoms with E-state index in [1.807, 2.05) is 0 Å². The summed E-state index contributed by atoms with van der Waals surface area (Å²) in [6.45, 7) is 0. The molecule has 0 unspecified atom stereocenters. The van der Waals surface area contributed by atoms with Crippen molar-refractivity contribution in [3.63, 3.8) is 0 Å². The molecule has 0 aromatic carbocycles. The van der Waals surface area contributed by atoms with Crippen LogP contribution in [0.4, 0.5) is 0 Å². The SMILES string of the molecule is Sc1ncccn1.[Ni]. The molecule has 0 spiro atoms. The first-order valence-electron chi connectivity index (χ1n) is 1.85. The number of nitrogens with zero attached hydrogens (tertiary/aromatic N) is 2. The van der Waals surface area contributed by atoms with Crippen LogP contribution < -0.4 is 0 Å². The van der Waals surface area contributed by atoms with Crippen molar-refractivity contribution in [2.75, 3.05) is 0 Å². The summed E-state index contributed by atoms with van der Waals surface area (Å²) in [6, 6.07) is 1.75. The topological polar surface area (TPSA) is 25.8 Å². The summed E-state index contributed by atoms with van der Waals surface area (Å²) in [4.78, 5) is 7.46. The molecule has 1 aromatic rings. The van der Waals surface area contributed by atoms with E-state index in [-0.39, 0.29) is 16.5 Å². The maximum atomic E-state index is 3.86. The number of aromatic nitrogens is 2. The normalized spacial score (nSPS) is 7.62. The Labute approximate surface area is 63.1 Å². The van der Waals surface area contributed by atoms with Gasteiger partial charge in [-0.2, -0.15) is 0 Å². The second-order valence-electron chi connectivity index (χ2n) is 1.05. The van der Waals surface area contributed by atoms with Gasteiger partial charge in [-0.3, -0.25) is 0 Å². The average Bonchev–Trinajstić information content (AvgIpc) is 1.69. The minimum absolute atomic E-state index is 0. The third-order valence-corrected chi connectivity index (χ3v) is 0.783. The van der Waals surface area contributed by atoms with Crippen molar-refractivity contribution in [2.24, 2.45) is 0 Å². The molecule has 46 valence electrons. The van der Waals surface area contributed by atoms with Gasteiger partial charge >= 0.3 is 0 Å². The fourth-order valence-electron chi connectivity index (χ4n) is 0.291. The van der Waals surface area contributed by atoms with E-state index in [1.54, 1.807) is 18.5 Å². The van der Waals surface area contributed by atoms with Gasteiger partial charge in [-0.15, -0.1) is 12.6 Å².